The third-order valence-corrected chi connectivity index (χ3v) is 3.49. The van der Waals surface area contributed by atoms with E-state index in [1.807, 2.05) is 6.92 Å². The van der Waals surface area contributed by atoms with Crippen molar-refractivity contribution < 1.29 is 14.4 Å². The van der Waals surface area contributed by atoms with Crippen LogP contribution >= 0.6 is 23.2 Å². The summed E-state index contributed by atoms with van der Waals surface area (Å²) in [7, 11) is 0. The Morgan fingerprint density at radius 3 is 2.42 bits per heavy atom. The van der Waals surface area contributed by atoms with Crippen LogP contribution in [-0.2, 0) is 0 Å². The molecule has 0 radical (unpaired) electrons. The van der Waals surface area contributed by atoms with Crippen LogP contribution in [0.4, 0.5) is 5.88 Å². The summed E-state index contributed by atoms with van der Waals surface area (Å²) < 4.78 is 4.49. The number of hydrogen-bond acceptors (Lipinski definition) is 6. The SMILES string of the molecule is Cc1cc(N)on1.O=C(O)c1cc(-c2ccc(Cl)c(Cl)c2)ncn1. The summed E-state index contributed by atoms with van der Waals surface area (Å²) in [4.78, 5) is 18.4. The number of anilines is 1. The van der Waals surface area contributed by atoms with E-state index in [1.165, 1.54) is 12.4 Å². The molecule has 3 aromatic rings. The molecular formula is C15H12Cl2N4O3. The summed E-state index contributed by atoms with van der Waals surface area (Å²) in [5.41, 5.74) is 7.07. The molecule has 0 aliphatic carbocycles. The number of carboxylic acids is 1. The topological polar surface area (TPSA) is 115 Å². The van der Waals surface area contributed by atoms with Gasteiger partial charge in [0.15, 0.2) is 5.69 Å². The Balaban J connectivity index is 0.000000249. The molecule has 0 bridgehead atoms. The molecular weight excluding hydrogens is 355 g/mol. The lowest BCUT2D eigenvalue weighted by Crippen LogP contribution is -2.01. The number of hydrogen-bond donors (Lipinski definition) is 2. The lowest BCUT2D eigenvalue weighted by molar-refractivity contribution is 0.0690. The third-order valence-electron chi connectivity index (χ3n) is 2.75. The van der Waals surface area contributed by atoms with Gasteiger partial charge in [0.25, 0.3) is 0 Å². The van der Waals surface area contributed by atoms with Gasteiger partial charge in [-0.05, 0) is 25.1 Å². The maximum absolute atomic E-state index is 10.8. The average molecular weight is 367 g/mol. The molecule has 9 heteroatoms. The highest BCUT2D eigenvalue weighted by atomic mass is 35.5. The number of benzene rings is 1. The zero-order valence-electron chi connectivity index (χ0n) is 12.4. The molecule has 1 aromatic carbocycles. The van der Waals surface area contributed by atoms with Gasteiger partial charge in [-0.1, -0.05) is 34.4 Å². The van der Waals surface area contributed by atoms with Crippen molar-refractivity contribution in [3.05, 3.63) is 58.1 Å². The summed E-state index contributed by atoms with van der Waals surface area (Å²) in [5.74, 6) is -0.730. The summed E-state index contributed by atoms with van der Waals surface area (Å²) in [5, 5.41) is 13.2. The number of nitrogens with two attached hydrogens (primary N) is 1. The first-order valence-electron chi connectivity index (χ1n) is 6.56. The number of aromatic carboxylic acids is 1. The van der Waals surface area contributed by atoms with Crippen molar-refractivity contribution in [1.82, 2.24) is 15.1 Å². The van der Waals surface area contributed by atoms with E-state index < -0.39 is 5.97 Å². The van der Waals surface area contributed by atoms with E-state index in [0.717, 1.165) is 5.69 Å². The minimum absolute atomic E-state index is 0.0685. The van der Waals surface area contributed by atoms with E-state index in [4.69, 9.17) is 34.0 Å². The molecule has 24 heavy (non-hydrogen) atoms. The number of carbonyl (C=O) groups is 1. The van der Waals surface area contributed by atoms with Crippen LogP contribution in [0.2, 0.25) is 10.0 Å². The zero-order chi connectivity index (χ0) is 17.7. The highest BCUT2D eigenvalue weighted by molar-refractivity contribution is 6.42. The molecule has 0 atom stereocenters. The summed E-state index contributed by atoms with van der Waals surface area (Å²) in [6, 6.07) is 8.00. The van der Waals surface area contributed by atoms with Gasteiger partial charge in [0.05, 0.1) is 21.4 Å². The van der Waals surface area contributed by atoms with E-state index in [-0.39, 0.29) is 5.69 Å². The Morgan fingerprint density at radius 1 is 1.17 bits per heavy atom. The molecule has 0 amide bonds. The van der Waals surface area contributed by atoms with Gasteiger partial charge in [-0.3, -0.25) is 0 Å². The molecule has 2 aromatic heterocycles. The molecule has 0 saturated carbocycles. The number of rotatable bonds is 2. The van der Waals surface area contributed by atoms with Gasteiger partial charge in [-0.15, -0.1) is 0 Å². The number of aryl methyl sites for hydroxylation is 1. The summed E-state index contributed by atoms with van der Waals surface area (Å²) in [6.07, 6.45) is 1.20. The smallest absolute Gasteiger partial charge is 0.354 e. The molecule has 0 aliphatic rings. The lowest BCUT2D eigenvalue weighted by atomic mass is 10.1. The van der Waals surface area contributed by atoms with Gasteiger partial charge in [0.1, 0.15) is 6.33 Å². The molecule has 7 nitrogen and oxygen atoms in total. The Bertz CT molecular complexity index is 851. The Kier molecular flexibility index (Phi) is 5.73. The molecule has 0 fully saturated rings. The van der Waals surface area contributed by atoms with Crippen LogP contribution in [-0.4, -0.2) is 26.2 Å². The fraction of sp³-hybridized carbons (Fsp3) is 0.0667. The van der Waals surface area contributed by atoms with Crippen LogP contribution in [0.15, 0.2) is 41.2 Å². The molecule has 0 unspecified atom stereocenters. The van der Waals surface area contributed by atoms with Crippen LogP contribution in [0.25, 0.3) is 11.3 Å². The first-order valence-corrected chi connectivity index (χ1v) is 7.32. The summed E-state index contributed by atoms with van der Waals surface area (Å²) >= 11 is 11.7. The minimum atomic E-state index is -1.10. The first kappa shape index (κ1) is 17.7. The van der Waals surface area contributed by atoms with Gasteiger partial charge < -0.3 is 15.4 Å². The second-order valence-electron chi connectivity index (χ2n) is 4.59. The molecule has 3 N–H and O–H groups in total. The Morgan fingerprint density at radius 2 is 1.92 bits per heavy atom. The fourth-order valence-electron chi connectivity index (χ4n) is 1.67. The minimum Gasteiger partial charge on any atom is -0.477 e. The number of halogens is 2. The van der Waals surface area contributed by atoms with Crippen LogP contribution < -0.4 is 5.73 Å². The van der Waals surface area contributed by atoms with Gasteiger partial charge in [0, 0.05) is 11.6 Å². The van der Waals surface area contributed by atoms with Gasteiger partial charge in [-0.2, -0.15) is 0 Å². The fourth-order valence-corrected chi connectivity index (χ4v) is 1.97. The van der Waals surface area contributed by atoms with Crippen LogP contribution in [0.5, 0.6) is 0 Å². The van der Waals surface area contributed by atoms with Crippen LogP contribution in [0.1, 0.15) is 16.2 Å². The standard InChI is InChI=1S/C11H6Cl2N2O2.C4H6N2O/c12-7-2-1-6(3-8(7)13)9-4-10(11(16)17)15-5-14-9;1-3-2-4(5)7-6-3/h1-5H,(H,16,17);2H,5H2,1H3. The van der Waals surface area contributed by atoms with Crippen molar-refractivity contribution in [1.29, 1.82) is 0 Å². The van der Waals surface area contributed by atoms with E-state index in [0.29, 0.717) is 27.2 Å². The normalized spacial score (nSPS) is 9.96. The van der Waals surface area contributed by atoms with E-state index in [1.54, 1.807) is 24.3 Å². The average Bonchev–Trinajstić information content (AvgIpc) is 2.94. The monoisotopic (exact) mass is 366 g/mol. The summed E-state index contributed by atoms with van der Waals surface area (Å²) in [6.45, 7) is 1.82. The number of nitrogens with zero attached hydrogens (tertiary/aromatic N) is 3. The van der Waals surface area contributed by atoms with Gasteiger partial charge >= 0.3 is 5.97 Å². The van der Waals surface area contributed by atoms with Crippen LogP contribution in [0.3, 0.4) is 0 Å². The lowest BCUT2D eigenvalue weighted by Gasteiger charge is -2.03. The predicted octanol–water partition coefficient (Wildman–Crippen LogP) is 3.71. The predicted molar refractivity (Wildman–Crippen MR) is 90.1 cm³/mol. The molecule has 3 rings (SSSR count). The van der Waals surface area contributed by atoms with Crippen molar-refractivity contribution in [3.63, 3.8) is 0 Å². The van der Waals surface area contributed by atoms with Crippen molar-refractivity contribution in [2.45, 2.75) is 6.92 Å². The molecule has 0 spiro atoms. The Labute approximate surface area is 147 Å². The first-order chi connectivity index (χ1) is 11.4. The highest BCUT2D eigenvalue weighted by Gasteiger charge is 2.08. The number of carboxylic acid groups (broad SMARTS) is 1. The second kappa shape index (κ2) is 7.76. The van der Waals surface area contributed by atoms with Crippen molar-refractivity contribution in [2.24, 2.45) is 0 Å². The van der Waals surface area contributed by atoms with Crippen molar-refractivity contribution in [2.75, 3.05) is 5.73 Å². The quantitative estimate of drug-likeness (QED) is 0.709. The molecule has 124 valence electrons. The zero-order valence-corrected chi connectivity index (χ0v) is 13.9. The van der Waals surface area contributed by atoms with Crippen molar-refractivity contribution >= 4 is 35.1 Å². The second-order valence-corrected chi connectivity index (χ2v) is 5.41. The maximum Gasteiger partial charge on any atom is 0.354 e. The molecule has 0 saturated heterocycles. The van der Waals surface area contributed by atoms with Crippen LogP contribution in [0, 0.1) is 6.92 Å². The third kappa shape index (κ3) is 4.68. The van der Waals surface area contributed by atoms with E-state index in [9.17, 15) is 4.79 Å². The number of aromatic nitrogens is 3. The van der Waals surface area contributed by atoms with Gasteiger partial charge in [0.2, 0.25) is 5.88 Å². The largest absolute Gasteiger partial charge is 0.477 e. The number of nitrogen functional groups attached to an aromatic ring is 1. The molecule has 2 heterocycles. The Hall–Kier alpha value is -2.64. The maximum atomic E-state index is 10.8. The van der Waals surface area contributed by atoms with Gasteiger partial charge in [-0.25, -0.2) is 14.8 Å². The van der Waals surface area contributed by atoms with E-state index in [2.05, 4.69) is 19.6 Å². The highest BCUT2D eigenvalue weighted by Crippen LogP contribution is 2.27. The molecule has 0 aliphatic heterocycles. The van der Waals surface area contributed by atoms with E-state index >= 15 is 0 Å². The van der Waals surface area contributed by atoms with Crippen molar-refractivity contribution in [3.8, 4) is 11.3 Å².